The fourth-order valence-electron chi connectivity index (χ4n) is 1.52. The molecule has 0 aliphatic heterocycles. The molecule has 2 atom stereocenters. The van der Waals surface area contributed by atoms with Crippen molar-refractivity contribution in [3.05, 3.63) is 35.9 Å². The normalized spacial score (nSPS) is 17.0. The molecule has 4 heteroatoms. The molecule has 0 aliphatic rings. The van der Waals surface area contributed by atoms with Crippen molar-refractivity contribution >= 4 is 7.37 Å². The third kappa shape index (κ3) is 5.73. The minimum absolute atomic E-state index is 0.189. The van der Waals surface area contributed by atoms with Crippen molar-refractivity contribution in [3.63, 3.8) is 0 Å². The molecule has 0 fully saturated rings. The van der Waals surface area contributed by atoms with E-state index in [1.54, 1.807) is 0 Å². The summed E-state index contributed by atoms with van der Waals surface area (Å²) in [6, 6.07) is 9.83. The molecule has 3 N–H and O–H groups in total. The lowest BCUT2D eigenvalue weighted by Crippen LogP contribution is -2.25. The van der Waals surface area contributed by atoms with Crippen LogP contribution < -0.4 is 5.73 Å². The SMILES string of the molecule is CP(=O)(O)CC(N)CCc1ccccc1. The third-order valence-corrected chi connectivity index (χ3v) is 3.37. The Balaban J connectivity index is 2.35. The molecule has 0 heterocycles. The predicted molar refractivity (Wildman–Crippen MR) is 63.4 cm³/mol. The average Bonchev–Trinajstić information content (AvgIpc) is 2.14. The molecule has 2 unspecified atom stereocenters. The van der Waals surface area contributed by atoms with E-state index < -0.39 is 7.37 Å². The second-order valence-corrected chi connectivity index (χ2v) is 6.48. The smallest absolute Gasteiger partial charge is 0.199 e. The molecule has 0 saturated carbocycles. The topological polar surface area (TPSA) is 63.3 Å². The van der Waals surface area contributed by atoms with Gasteiger partial charge in [0.1, 0.15) is 0 Å². The van der Waals surface area contributed by atoms with Gasteiger partial charge in [0, 0.05) is 18.9 Å². The van der Waals surface area contributed by atoms with Gasteiger partial charge in [0.2, 0.25) is 0 Å². The van der Waals surface area contributed by atoms with Crippen LogP contribution in [0, 0.1) is 0 Å². The van der Waals surface area contributed by atoms with Crippen LogP contribution in [0.3, 0.4) is 0 Å². The van der Waals surface area contributed by atoms with Gasteiger partial charge in [0.15, 0.2) is 7.37 Å². The number of rotatable bonds is 5. The molecule has 0 aliphatic carbocycles. The van der Waals surface area contributed by atoms with Crippen LogP contribution in [0.25, 0.3) is 0 Å². The van der Waals surface area contributed by atoms with Crippen LogP contribution in [0.2, 0.25) is 0 Å². The zero-order valence-electron chi connectivity index (χ0n) is 8.97. The Morgan fingerprint density at radius 1 is 1.40 bits per heavy atom. The second kappa shape index (κ2) is 5.45. The number of hydrogen-bond acceptors (Lipinski definition) is 2. The Bertz CT molecular complexity index is 334. The van der Waals surface area contributed by atoms with Crippen LogP contribution in [0.15, 0.2) is 30.3 Å². The van der Waals surface area contributed by atoms with Crippen LogP contribution >= 0.6 is 7.37 Å². The Hall–Kier alpha value is -0.630. The molecular formula is C11H18NO2P. The van der Waals surface area contributed by atoms with Crippen molar-refractivity contribution in [3.8, 4) is 0 Å². The van der Waals surface area contributed by atoms with Crippen molar-refractivity contribution in [2.24, 2.45) is 5.73 Å². The van der Waals surface area contributed by atoms with Gasteiger partial charge in [-0.1, -0.05) is 30.3 Å². The molecular weight excluding hydrogens is 209 g/mol. The van der Waals surface area contributed by atoms with Gasteiger partial charge in [-0.05, 0) is 18.4 Å². The average molecular weight is 227 g/mol. The van der Waals surface area contributed by atoms with Crippen LogP contribution in [0.4, 0.5) is 0 Å². The van der Waals surface area contributed by atoms with E-state index in [1.807, 2.05) is 30.3 Å². The lowest BCUT2D eigenvalue weighted by molar-refractivity contribution is 0.476. The fraction of sp³-hybridized carbons (Fsp3) is 0.455. The maximum absolute atomic E-state index is 11.1. The van der Waals surface area contributed by atoms with E-state index in [9.17, 15) is 4.57 Å². The van der Waals surface area contributed by atoms with E-state index >= 15 is 0 Å². The van der Waals surface area contributed by atoms with Gasteiger partial charge in [-0.3, -0.25) is 4.57 Å². The Morgan fingerprint density at radius 2 is 2.00 bits per heavy atom. The first-order valence-corrected chi connectivity index (χ1v) is 7.35. The molecule has 1 aromatic rings. The monoisotopic (exact) mass is 227 g/mol. The lowest BCUT2D eigenvalue weighted by Gasteiger charge is -2.13. The summed E-state index contributed by atoms with van der Waals surface area (Å²) in [5.74, 6) is 0. The minimum atomic E-state index is -2.97. The van der Waals surface area contributed by atoms with E-state index in [0.29, 0.717) is 0 Å². The molecule has 84 valence electrons. The van der Waals surface area contributed by atoms with Crippen molar-refractivity contribution in [1.29, 1.82) is 0 Å². The summed E-state index contributed by atoms with van der Waals surface area (Å²) in [6.45, 7) is 1.36. The quantitative estimate of drug-likeness (QED) is 0.754. The summed E-state index contributed by atoms with van der Waals surface area (Å²) in [5.41, 5.74) is 6.99. The molecule has 3 nitrogen and oxygen atoms in total. The highest BCUT2D eigenvalue weighted by Crippen LogP contribution is 2.35. The van der Waals surface area contributed by atoms with E-state index in [1.165, 1.54) is 12.2 Å². The number of aryl methyl sites for hydroxylation is 1. The molecule has 0 bridgehead atoms. The van der Waals surface area contributed by atoms with Crippen molar-refractivity contribution in [2.45, 2.75) is 18.9 Å². The van der Waals surface area contributed by atoms with Crippen LogP contribution in [-0.2, 0) is 11.0 Å². The summed E-state index contributed by atoms with van der Waals surface area (Å²) in [4.78, 5) is 9.16. The molecule has 1 aromatic carbocycles. The number of nitrogens with two attached hydrogens (primary N) is 1. The summed E-state index contributed by atoms with van der Waals surface area (Å²) in [7, 11) is -2.97. The molecule has 0 amide bonds. The van der Waals surface area contributed by atoms with Gasteiger partial charge in [0.05, 0.1) is 0 Å². The first-order chi connectivity index (χ1) is 6.97. The zero-order valence-corrected chi connectivity index (χ0v) is 9.86. The van der Waals surface area contributed by atoms with Gasteiger partial charge in [0.25, 0.3) is 0 Å². The first-order valence-electron chi connectivity index (χ1n) is 5.06. The second-order valence-electron chi connectivity index (χ2n) is 4.02. The molecule has 15 heavy (non-hydrogen) atoms. The highest BCUT2D eigenvalue weighted by molar-refractivity contribution is 7.57. The molecule has 0 radical (unpaired) electrons. The van der Waals surface area contributed by atoms with E-state index in [-0.39, 0.29) is 12.2 Å². The molecule has 0 aromatic heterocycles. The Labute approximate surface area is 90.8 Å². The summed E-state index contributed by atoms with van der Waals surface area (Å²) >= 11 is 0. The highest BCUT2D eigenvalue weighted by atomic mass is 31.2. The zero-order chi connectivity index (χ0) is 11.3. The summed E-state index contributed by atoms with van der Waals surface area (Å²) in [5, 5.41) is 0. The van der Waals surface area contributed by atoms with Crippen LogP contribution in [0.5, 0.6) is 0 Å². The van der Waals surface area contributed by atoms with E-state index in [4.69, 9.17) is 10.6 Å². The van der Waals surface area contributed by atoms with Gasteiger partial charge < -0.3 is 10.6 Å². The maximum atomic E-state index is 11.1. The van der Waals surface area contributed by atoms with Gasteiger partial charge in [-0.15, -0.1) is 0 Å². The fourth-order valence-corrected chi connectivity index (χ4v) is 2.58. The Morgan fingerprint density at radius 3 is 2.53 bits per heavy atom. The largest absolute Gasteiger partial charge is 0.344 e. The molecule has 1 rings (SSSR count). The number of hydrogen-bond donors (Lipinski definition) is 2. The summed E-state index contributed by atoms with van der Waals surface area (Å²) in [6.07, 6.45) is 1.82. The van der Waals surface area contributed by atoms with Gasteiger partial charge >= 0.3 is 0 Å². The minimum Gasteiger partial charge on any atom is -0.344 e. The van der Waals surface area contributed by atoms with Crippen LogP contribution in [-0.4, -0.2) is 23.8 Å². The maximum Gasteiger partial charge on any atom is 0.199 e. The van der Waals surface area contributed by atoms with Crippen LogP contribution in [0.1, 0.15) is 12.0 Å². The lowest BCUT2D eigenvalue weighted by atomic mass is 10.1. The van der Waals surface area contributed by atoms with Gasteiger partial charge in [-0.2, -0.15) is 0 Å². The number of benzene rings is 1. The standard InChI is InChI=1S/C11H18NO2P/c1-15(13,14)9-11(12)8-7-10-5-3-2-4-6-10/h2-6,11H,7-9,12H2,1H3,(H,13,14). The molecule has 0 spiro atoms. The van der Waals surface area contributed by atoms with Crippen molar-refractivity contribution in [2.75, 3.05) is 12.8 Å². The highest BCUT2D eigenvalue weighted by Gasteiger charge is 2.15. The first kappa shape index (κ1) is 12.4. The van der Waals surface area contributed by atoms with E-state index in [2.05, 4.69) is 0 Å². The summed E-state index contributed by atoms with van der Waals surface area (Å²) < 4.78 is 11.1. The van der Waals surface area contributed by atoms with Gasteiger partial charge in [-0.25, -0.2) is 0 Å². The third-order valence-electron chi connectivity index (χ3n) is 2.22. The Kier molecular flexibility index (Phi) is 4.52. The van der Waals surface area contributed by atoms with E-state index in [0.717, 1.165) is 12.8 Å². The van der Waals surface area contributed by atoms with Crippen molar-refractivity contribution < 1.29 is 9.46 Å². The predicted octanol–water partition coefficient (Wildman–Crippen LogP) is 1.85. The molecule has 0 saturated heterocycles. The van der Waals surface area contributed by atoms with Crippen molar-refractivity contribution in [1.82, 2.24) is 0 Å².